The van der Waals surface area contributed by atoms with Crippen molar-refractivity contribution in [1.29, 1.82) is 0 Å². The highest BCUT2D eigenvalue weighted by Gasteiger charge is 2.41. The first-order valence-electron chi connectivity index (χ1n) is 16.2. The molecule has 1 aliphatic rings. The Morgan fingerprint density at radius 2 is 1.02 bits per heavy atom. The average molecular weight is 613 g/mol. The maximum atomic E-state index is 16.1. The summed E-state index contributed by atoms with van der Waals surface area (Å²) in [6.45, 7) is 22.3. The van der Waals surface area contributed by atoms with Crippen LogP contribution in [-0.4, -0.2) is 19.9 Å². The first kappa shape index (κ1) is 31.7. The summed E-state index contributed by atoms with van der Waals surface area (Å²) in [6.07, 6.45) is 2.63. The molecule has 0 bridgehead atoms. The summed E-state index contributed by atoms with van der Waals surface area (Å²) in [4.78, 5) is 19.2. The minimum atomic E-state index is -0.417. The minimum Gasteiger partial charge on any atom is -0.255 e. The molecule has 2 aromatic heterocycles. The van der Waals surface area contributed by atoms with Crippen LogP contribution >= 0.6 is 0 Å². The van der Waals surface area contributed by atoms with Gasteiger partial charge in [0.25, 0.3) is 0 Å². The number of nitrogens with zero attached hydrogens (tertiary/aromatic N) is 4. The molecule has 236 valence electrons. The van der Waals surface area contributed by atoms with Crippen LogP contribution in [0.1, 0.15) is 97.9 Å². The number of hydrogen-bond acceptors (Lipinski definition) is 4. The lowest BCUT2D eigenvalue weighted by Gasteiger charge is -2.22. The Balaban J connectivity index is 1.43. The normalized spacial score (nSPS) is 15.5. The van der Waals surface area contributed by atoms with Crippen LogP contribution in [0.5, 0.6) is 0 Å². The van der Waals surface area contributed by atoms with Gasteiger partial charge in [-0.25, -0.2) is 19.3 Å². The third-order valence-corrected chi connectivity index (χ3v) is 9.41. The summed E-state index contributed by atoms with van der Waals surface area (Å²) in [5.74, 6) is 0.826. The Labute approximate surface area is 273 Å². The quantitative estimate of drug-likeness (QED) is 0.203. The van der Waals surface area contributed by atoms with Gasteiger partial charge in [0.05, 0.1) is 11.3 Å². The molecule has 0 unspecified atom stereocenters. The number of halogens is 1. The van der Waals surface area contributed by atoms with E-state index in [2.05, 4.69) is 112 Å². The van der Waals surface area contributed by atoms with E-state index in [-0.39, 0.29) is 33.0 Å². The Morgan fingerprint density at radius 1 is 0.565 bits per heavy atom. The van der Waals surface area contributed by atoms with Gasteiger partial charge in [-0.2, -0.15) is 0 Å². The largest absolute Gasteiger partial charge is 0.255 e. The first-order valence-corrected chi connectivity index (χ1v) is 16.2. The lowest BCUT2D eigenvalue weighted by atomic mass is 9.82. The van der Waals surface area contributed by atoms with Crippen LogP contribution in [0.4, 0.5) is 4.39 Å². The van der Waals surface area contributed by atoms with Gasteiger partial charge in [-0.1, -0.05) is 130 Å². The second-order valence-corrected chi connectivity index (χ2v) is 16.2. The zero-order valence-electron chi connectivity index (χ0n) is 28.9. The molecule has 1 aliphatic carbocycles. The van der Waals surface area contributed by atoms with E-state index in [9.17, 15) is 0 Å². The van der Waals surface area contributed by atoms with E-state index in [4.69, 9.17) is 19.9 Å². The Morgan fingerprint density at radius 3 is 1.50 bits per heavy atom. The zero-order chi connectivity index (χ0) is 33.2. The van der Waals surface area contributed by atoms with Crippen LogP contribution in [0.2, 0.25) is 0 Å². The molecule has 0 atom stereocenters. The van der Waals surface area contributed by atoms with Gasteiger partial charge in [0.1, 0.15) is 5.82 Å². The van der Waals surface area contributed by atoms with Crippen LogP contribution in [0.3, 0.4) is 0 Å². The van der Waals surface area contributed by atoms with E-state index in [1.807, 2.05) is 24.3 Å². The molecule has 0 aliphatic heterocycles. The van der Waals surface area contributed by atoms with Crippen molar-refractivity contribution in [2.45, 2.75) is 97.3 Å². The third kappa shape index (κ3) is 6.00. The topological polar surface area (TPSA) is 51.6 Å². The summed E-state index contributed by atoms with van der Waals surface area (Å²) in [6, 6.07) is 24.5. The molecule has 0 spiro atoms. The maximum absolute atomic E-state index is 16.1. The maximum Gasteiger partial charge on any atom is 0.168 e. The van der Waals surface area contributed by atoms with Crippen LogP contribution < -0.4 is 0 Å². The van der Waals surface area contributed by atoms with Crippen molar-refractivity contribution in [2.24, 2.45) is 0 Å². The molecule has 0 amide bonds. The van der Waals surface area contributed by atoms with Crippen LogP contribution in [0, 0.1) is 5.82 Å². The molecule has 0 radical (unpaired) electrons. The van der Waals surface area contributed by atoms with Crippen LogP contribution in [0.15, 0.2) is 79.0 Å². The molecular weight excluding hydrogens is 567 g/mol. The van der Waals surface area contributed by atoms with Crippen LogP contribution in [0.25, 0.3) is 45.4 Å². The lowest BCUT2D eigenvalue weighted by Crippen LogP contribution is -2.17. The molecule has 3 aromatic carbocycles. The van der Waals surface area contributed by atoms with Crippen molar-refractivity contribution in [1.82, 2.24) is 19.9 Å². The molecule has 0 fully saturated rings. The molecule has 2 heterocycles. The predicted octanol–water partition coefficient (Wildman–Crippen LogP) is 10.6. The fourth-order valence-corrected chi connectivity index (χ4v) is 6.90. The van der Waals surface area contributed by atoms with Crippen molar-refractivity contribution in [2.75, 3.05) is 0 Å². The van der Waals surface area contributed by atoms with Crippen molar-refractivity contribution in [3.05, 3.63) is 107 Å². The predicted molar refractivity (Wildman–Crippen MR) is 187 cm³/mol. The average Bonchev–Trinajstić information content (AvgIpc) is 3.18. The van der Waals surface area contributed by atoms with Crippen molar-refractivity contribution in [3.63, 3.8) is 0 Å². The number of benzene rings is 3. The molecule has 0 saturated heterocycles. The van der Waals surface area contributed by atoms with E-state index in [1.165, 1.54) is 28.3 Å². The van der Waals surface area contributed by atoms with E-state index >= 15 is 4.39 Å². The molecular formula is C41H45FN4. The van der Waals surface area contributed by atoms with Crippen LogP contribution in [-0.2, 0) is 21.7 Å². The summed E-state index contributed by atoms with van der Waals surface area (Å²) < 4.78 is 16.1. The van der Waals surface area contributed by atoms with Gasteiger partial charge in [0, 0.05) is 29.0 Å². The Kier molecular flexibility index (Phi) is 7.54. The highest BCUT2D eigenvalue weighted by Crippen LogP contribution is 2.50. The standard InChI is InChI=1S/C41H45FN4/c1-38(2,3)28-16-11-25(12-17-28)35-44-36(26-13-18-29(19-14-26)39(4,5)6)46-37(45-35)30-23-43-34(22-33(30)42)27-15-20-31-32(21-27)41(9,10)24-40(31,7)8/h11-23H,24H2,1-10H3. The van der Waals surface area contributed by atoms with E-state index < -0.39 is 5.82 Å². The smallest absolute Gasteiger partial charge is 0.168 e. The molecule has 0 N–H and O–H groups in total. The molecule has 5 heteroatoms. The lowest BCUT2D eigenvalue weighted by molar-refractivity contribution is 0.403. The van der Waals surface area contributed by atoms with E-state index in [0.29, 0.717) is 17.3 Å². The zero-order valence-corrected chi connectivity index (χ0v) is 28.9. The number of fused-ring (bicyclic) bond motifs is 1. The Bertz CT molecular complexity index is 1850. The first-order chi connectivity index (χ1) is 21.4. The highest BCUT2D eigenvalue weighted by molar-refractivity contribution is 5.70. The highest BCUT2D eigenvalue weighted by atomic mass is 19.1. The fourth-order valence-electron chi connectivity index (χ4n) is 6.90. The van der Waals surface area contributed by atoms with Gasteiger partial charge in [0.15, 0.2) is 17.5 Å². The molecule has 46 heavy (non-hydrogen) atoms. The Hall–Kier alpha value is -4.25. The molecule has 4 nitrogen and oxygen atoms in total. The van der Waals surface area contributed by atoms with Gasteiger partial charge in [-0.3, -0.25) is 4.98 Å². The minimum absolute atomic E-state index is 0.0179. The third-order valence-electron chi connectivity index (χ3n) is 9.41. The monoisotopic (exact) mass is 612 g/mol. The van der Waals surface area contributed by atoms with E-state index in [1.54, 1.807) is 6.20 Å². The van der Waals surface area contributed by atoms with Crippen molar-refractivity contribution in [3.8, 4) is 45.4 Å². The molecule has 5 aromatic rings. The number of aromatic nitrogens is 4. The number of pyridine rings is 1. The fraction of sp³-hybridized carbons (Fsp3) is 0.366. The van der Waals surface area contributed by atoms with E-state index in [0.717, 1.165) is 23.1 Å². The molecule has 6 rings (SSSR count). The van der Waals surface area contributed by atoms with Gasteiger partial charge in [-0.15, -0.1) is 0 Å². The van der Waals surface area contributed by atoms with Gasteiger partial charge >= 0.3 is 0 Å². The summed E-state index contributed by atoms with van der Waals surface area (Å²) in [5, 5.41) is 0. The summed E-state index contributed by atoms with van der Waals surface area (Å²) in [7, 11) is 0. The summed E-state index contributed by atoms with van der Waals surface area (Å²) in [5.41, 5.74) is 8.71. The summed E-state index contributed by atoms with van der Waals surface area (Å²) >= 11 is 0. The number of hydrogen-bond donors (Lipinski definition) is 0. The van der Waals surface area contributed by atoms with Crippen molar-refractivity contribution < 1.29 is 4.39 Å². The number of rotatable bonds is 4. The SMILES string of the molecule is CC(C)(C)c1ccc(-c2nc(-c3ccc(C(C)(C)C)cc3)nc(-c3cnc(-c4ccc5c(c4)C(C)(C)CC5(C)C)cc3F)n2)cc1. The second-order valence-electron chi connectivity index (χ2n) is 16.2. The van der Waals surface area contributed by atoms with Gasteiger partial charge < -0.3 is 0 Å². The molecule has 0 saturated carbocycles. The second kappa shape index (κ2) is 10.9. The van der Waals surface area contributed by atoms with Crippen molar-refractivity contribution >= 4 is 0 Å². The van der Waals surface area contributed by atoms with Gasteiger partial charge in [0.2, 0.25) is 0 Å². The van der Waals surface area contributed by atoms with Gasteiger partial charge in [-0.05, 0) is 56.4 Å².